The molecule has 1 aliphatic carbocycles. The molecule has 1 aromatic carbocycles. The Hall–Kier alpha value is -4.10. The number of amides is 2. The van der Waals surface area contributed by atoms with Crippen molar-refractivity contribution in [2.75, 3.05) is 51.3 Å². The molecule has 2 aliphatic heterocycles. The lowest BCUT2D eigenvalue weighted by atomic mass is 9.97. The molecule has 2 fully saturated rings. The fraction of sp³-hybridized carbons (Fsp3) is 0.531. The number of piperidine rings is 1. The van der Waals surface area contributed by atoms with E-state index in [4.69, 9.17) is 30.5 Å². The number of methoxy groups -OCH3 is 1. The second-order valence-corrected chi connectivity index (χ2v) is 13.2. The summed E-state index contributed by atoms with van der Waals surface area (Å²) in [6.07, 6.45) is 4.62. The number of nitrogens with zero attached hydrogens (tertiary/aromatic N) is 5. The molecule has 14 heteroatoms. The van der Waals surface area contributed by atoms with Crippen molar-refractivity contribution in [3.8, 4) is 17.2 Å². The molecule has 1 N–H and O–H groups in total. The Kier molecular flexibility index (Phi) is 8.97. The molecule has 6 rings (SSSR count). The van der Waals surface area contributed by atoms with Crippen LogP contribution in [-0.2, 0) is 14.3 Å². The van der Waals surface area contributed by atoms with Gasteiger partial charge in [0, 0.05) is 37.5 Å². The highest BCUT2D eigenvalue weighted by molar-refractivity contribution is 6.30. The van der Waals surface area contributed by atoms with E-state index in [2.05, 4.69) is 20.3 Å². The summed E-state index contributed by atoms with van der Waals surface area (Å²) in [6.45, 7) is 8.60. The first-order valence-electron chi connectivity index (χ1n) is 15.6. The summed E-state index contributed by atoms with van der Waals surface area (Å²) in [5.74, 6) is 0.348. The number of aromatic nitrogens is 3. The van der Waals surface area contributed by atoms with Crippen LogP contribution in [0.2, 0.25) is 5.15 Å². The van der Waals surface area contributed by atoms with E-state index in [-0.39, 0.29) is 41.4 Å². The fourth-order valence-electron chi connectivity index (χ4n) is 5.65. The first kappa shape index (κ1) is 31.9. The molecule has 0 atom stereocenters. The SMILES string of the molecule is COc1cc2c(cc1-n1nc(C(=O)NCCN3CCC(C(=O)OC4CC4)CC3)c3cnc(Cl)cc31)OCCN2C(=O)OC(C)(C)C. The number of benzene rings is 1. The van der Waals surface area contributed by atoms with Gasteiger partial charge < -0.3 is 29.2 Å². The zero-order valence-corrected chi connectivity index (χ0v) is 27.3. The second-order valence-electron chi connectivity index (χ2n) is 12.8. The first-order valence-corrected chi connectivity index (χ1v) is 16.0. The Morgan fingerprint density at radius 2 is 1.83 bits per heavy atom. The third-order valence-electron chi connectivity index (χ3n) is 8.15. The van der Waals surface area contributed by atoms with E-state index in [1.54, 1.807) is 22.9 Å². The highest BCUT2D eigenvalue weighted by atomic mass is 35.5. The number of carbonyl (C=O) groups is 3. The van der Waals surface area contributed by atoms with Gasteiger partial charge in [-0.15, -0.1) is 0 Å². The van der Waals surface area contributed by atoms with E-state index >= 15 is 0 Å². The third kappa shape index (κ3) is 7.00. The number of esters is 1. The number of pyridine rings is 1. The summed E-state index contributed by atoms with van der Waals surface area (Å²) in [7, 11) is 1.51. The zero-order chi connectivity index (χ0) is 32.6. The van der Waals surface area contributed by atoms with Crippen molar-refractivity contribution in [3.05, 3.63) is 35.2 Å². The van der Waals surface area contributed by atoms with Crippen molar-refractivity contribution < 1.29 is 33.3 Å². The van der Waals surface area contributed by atoms with Crippen molar-refractivity contribution in [1.82, 2.24) is 25.0 Å². The minimum atomic E-state index is -0.667. The van der Waals surface area contributed by atoms with Crippen LogP contribution in [0.25, 0.3) is 16.6 Å². The van der Waals surface area contributed by atoms with Gasteiger partial charge >= 0.3 is 12.1 Å². The van der Waals surface area contributed by atoms with Gasteiger partial charge in [0.1, 0.15) is 40.7 Å². The number of rotatable bonds is 8. The maximum Gasteiger partial charge on any atom is 0.415 e. The standard InChI is InChI=1S/C32H39ClN6O7/c1-32(2,3)46-31(42)38-13-14-44-26-16-24(25(43-4)15-23(26)38)39-22-17-27(33)35-18-21(22)28(36-39)29(40)34-9-12-37-10-7-19(8-11-37)30(41)45-20-5-6-20/h15-20H,5-14H2,1-4H3,(H,34,40). The lowest BCUT2D eigenvalue weighted by Gasteiger charge is -2.32. The topological polar surface area (TPSA) is 137 Å². The number of carbonyl (C=O) groups excluding carboxylic acids is 3. The maximum absolute atomic E-state index is 13.5. The normalized spacial score (nSPS) is 17.3. The number of hydrogen-bond acceptors (Lipinski definition) is 10. The lowest BCUT2D eigenvalue weighted by Crippen LogP contribution is -2.41. The predicted octanol–water partition coefficient (Wildman–Crippen LogP) is 4.36. The smallest absolute Gasteiger partial charge is 0.415 e. The lowest BCUT2D eigenvalue weighted by molar-refractivity contribution is -0.151. The van der Waals surface area contributed by atoms with Gasteiger partial charge in [0.25, 0.3) is 5.91 Å². The average molecular weight is 655 g/mol. The largest absolute Gasteiger partial charge is 0.494 e. The van der Waals surface area contributed by atoms with Gasteiger partial charge in [0.05, 0.1) is 36.2 Å². The molecule has 0 spiro atoms. The molecule has 46 heavy (non-hydrogen) atoms. The van der Waals surface area contributed by atoms with Crippen LogP contribution in [-0.4, -0.2) is 95.8 Å². The molecule has 3 aromatic rings. The Balaban J connectivity index is 1.19. The molecule has 0 bridgehead atoms. The number of anilines is 1. The van der Waals surface area contributed by atoms with Gasteiger partial charge in [-0.1, -0.05) is 11.6 Å². The van der Waals surface area contributed by atoms with E-state index in [0.29, 0.717) is 53.4 Å². The summed E-state index contributed by atoms with van der Waals surface area (Å²) in [5, 5.41) is 8.40. The Bertz CT molecular complexity index is 1640. The van der Waals surface area contributed by atoms with Gasteiger partial charge in [0.2, 0.25) is 0 Å². The number of nitrogens with one attached hydrogen (secondary N) is 1. The van der Waals surface area contributed by atoms with Gasteiger partial charge in [0.15, 0.2) is 5.69 Å². The number of ether oxygens (including phenoxy) is 4. The Morgan fingerprint density at radius 1 is 1.07 bits per heavy atom. The fourth-order valence-corrected chi connectivity index (χ4v) is 5.81. The summed E-state index contributed by atoms with van der Waals surface area (Å²) >= 11 is 6.29. The van der Waals surface area contributed by atoms with Crippen molar-refractivity contribution >= 4 is 46.2 Å². The highest BCUT2D eigenvalue weighted by Gasteiger charge is 2.33. The van der Waals surface area contributed by atoms with Crippen molar-refractivity contribution in [3.63, 3.8) is 0 Å². The Labute approximate surface area is 272 Å². The molecule has 246 valence electrons. The van der Waals surface area contributed by atoms with Gasteiger partial charge in [-0.05, 0) is 59.5 Å². The van der Waals surface area contributed by atoms with Crippen LogP contribution in [0, 0.1) is 5.92 Å². The zero-order valence-electron chi connectivity index (χ0n) is 26.5. The van der Waals surface area contributed by atoms with Crippen LogP contribution < -0.4 is 19.7 Å². The summed E-state index contributed by atoms with van der Waals surface area (Å²) in [5.41, 5.74) is 1.04. The van der Waals surface area contributed by atoms with Crippen molar-refractivity contribution in [2.24, 2.45) is 5.92 Å². The summed E-state index contributed by atoms with van der Waals surface area (Å²) in [4.78, 5) is 46.7. The molecule has 1 saturated heterocycles. The molecule has 0 radical (unpaired) electrons. The second kappa shape index (κ2) is 13.0. The van der Waals surface area contributed by atoms with E-state index in [9.17, 15) is 14.4 Å². The first-order chi connectivity index (χ1) is 22.0. The van der Waals surface area contributed by atoms with Gasteiger partial charge in [-0.2, -0.15) is 5.10 Å². The number of hydrogen-bond donors (Lipinski definition) is 1. The minimum Gasteiger partial charge on any atom is -0.494 e. The van der Waals surface area contributed by atoms with Crippen LogP contribution in [0.15, 0.2) is 24.4 Å². The molecular weight excluding hydrogens is 616 g/mol. The summed E-state index contributed by atoms with van der Waals surface area (Å²) in [6, 6.07) is 5.04. The highest BCUT2D eigenvalue weighted by Crippen LogP contribution is 2.41. The minimum absolute atomic E-state index is 0.0486. The van der Waals surface area contributed by atoms with Crippen LogP contribution >= 0.6 is 11.6 Å². The van der Waals surface area contributed by atoms with E-state index in [0.717, 1.165) is 38.8 Å². The predicted molar refractivity (Wildman–Crippen MR) is 170 cm³/mol. The van der Waals surface area contributed by atoms with Crippen LogP contribution in [0.3, 0.4) is 0 Å². The van der Waals surface area contributed by atoms with Crippen LogP contribution in [0.1, 0.15) is 56.9 Å². The van der Waals surface area contributed by atoms with Crippen LogP contribution in [0.4, 0.5) is 10.5 Å². The van der Waals surface area contributed by atoms with Crippen molar-refractivity contribution in [1.29, 1.82) is 0 Å². The molecule has 2 amide bonds. The average Bonchev–Trinajstić information content (AvgIpc) is 3.76. The van der Waals surface area contributed by atoms with Crippen LogP contribution in [0.5, 0.6) is 11.5 Å². The Morgan fingerprint density at radius 3 is 2.52 bits per heavy atom. The van der Waals surface area contributed by atoms with E-state index in [1.165, 1.54) is 18.2 Å². The maximum atomic E-state index is 13.5. The number of likely N-dealkylation sites (tertiary alicyclic amines) is 1. The molecule has 2 aromatic heterocycles. The molecule has 0 unspecified atom stereocenters. The molecule has 3 aliphatic rings. The van der Waals surface area contributed by atoms with Gasteiger partial charge in [-0.25, -0.2) is 14.5 Å². The van der Waals surface area contributed by atoms with E-state index < -0.39 is 11.7 Å². The third-order valence-corrected chi connectivity index (χ3v) is 8.36. The summed E-state index contributed by atoms with van der Waals surface area (Å²) < 4.78 is 24.3. The van der Waals surface area contributed by atoms with Crippen molar-refractivity contribution in [2.45, 2.75) is 58.2 Å². The molecule has 1 saturated carbocycles. The molecule has 4 heterocycles. The van der Waals surface area contributed by atoms with E-state index in [1.807, 2.05) is 20.8 Å². The number of fused-ring (bicyclic) bond motifs is 2. The quantitative estimate of drug-likeness (QED) is 0.275. The van der Waals surface area contributed by atoms with Gasteiger partial charge in [-0.3, -0.25) is 14.5 Å². The molecular formula is C32H39ClN6O7. The monoisotopic (exact) mass is 654 g/mol. The molecule has 13 nitrogen and oxygen atoms in total. The number of halogens is 1.